The number of allylic oxidation sites excluding steroid dienone is 1. The fourth-order valence-corrected chi connectivity index (χ4v) is 3.05. The quantitative estimate of drug-likeness (QED) is 0.665. The first-order valence-electron chi connectivity index (χ1n) is 7.78. The van der Waals surface area contributed by atoms with Crippen molar-refractivity contribution in [2.75, 3.05) is 0 Å². The Morgan fingerprint density at radius 3 is 2.73 bits per heavy atom. The van der Waals surface area contributed by atoms with Crippen LogP contribution in [0.4, 0.5) is 0 Å². The normalized spacial score (nSPS) is 16.7. The van der Waals surface area contributed by atoms with Crippen LogP contribution in [0.1, 0.15) is 49.4 Å². The van der Waals surface area contributed by atoms with Gasteiger partial charge in [0.1, 0.15) is 0 Å². The lowest BCUT2D eigenvalue weighted by Crippen LogP contribution is -2.10. The molecule has 1 heterocycles. The third kappa shape index (κ3) is 3.60. The predicted octanol–water partition coefficient (Wildman–Crippen LogP) is 4.54. The number of rotatable bonds is 4. The van der Waals surface area contributed by atoms with Gasteiger partial charge >= 0.3 is 0 Å². The molecule has 4 nitrogen and oxygen atoms in total. The number of hydrogen-bond donors (Lipinski definition) is 1. The number of hydrogen-bond acceptors (Lipinski definition) is 3. The van der Waals surface area contributed by atoms with Crippen molar-refractivity contribution in [2.24, 2.45) is 5.10 Å². The molecule has 0 unspecified atom stereocenters. The van der Waals surface area contributed by atoms with Crippen LogP contribution in [0.15, 0.2) is 41.5 Å². The first kappa shape index (κ1) is 14.9. The molecule has 0 radical (unpaired) electrons. The first-order valence-corrected chi connectivity index (χ1v) is 8.19. The van der Waals surface area contributed by atoms with Crippen LogP contribution in [0.3, 0.4) is 0 Å². The topological polar surface area (TPSA) is 46.0 Å². The number of nitrogens with one attached hydrogen (secondary N) is 1. The average molecular weight is 312 g/mol. The summed E-state index contributed by atoms with van der Waals surface area (Å²) in [6.45, 7) is 0. The summed E-state index contributed by atoms with van der Waals surface area (Å²) in [5.41, 5.74) is 1.15. The Morgan fingerprint density at radius 2 is 1.95 bits per heavy atom. The number of aromatic nitrogens is 3. The van der Waals surface area contributed by atoms with Gasteiger partial charge in [0.25, 0.3) is 0 Å². The van der Waals surface area contributed by atoms with Crippen molar-refractivity contribution in [1.82, 2.24) is 14.9 Å². The molecule has 5 heteroatoms. The molecular formula is C17H20N4S. The van der Waals surface area contributed by atoms with Crippen molar-refractivity contribution in [3.05, 3.63) is 52.6 Å². The average Bonchev–Trinajstić information content (AvgIpc) is 2.94. The molecule has 1 saturated carbocycles. The Hall–Kier alpha value is -2.01. The number of benzene rings is 1. The highest BCUT2D eigenvalue weighted by Crippen LogP contribution is 2.31. The molecule has 0 saturated heterocycles. The SMILES string of the molecule is S=c1[nH]nc(C2CCCCC2)n1/N=C\C=C\c1ccccc1. The summed E-state index contributed by atoms with van der Waals surface area (Å²) in [5.74, 6) is 1.44. The van der Waals surface area contributed by atoms with Crippen LogP contribution in [0.25, 0.3) is 6.08 Å². The molecule has 1 aliphatic carbocycles. The van der Waals surface area contributed by atoms with E-state index in [1.807, 2.05) is 30.4 Å². The predicted molar refractivity (Wildman–Crippen MR) is 92.6 cm³/mol. The molecule has 1 fully saturated rings. The van der Waals surface area contributed by atoms with Crippen LogP contribution in [-0.4, -0.2) is 21.1 Å². The van der Waals surface area contributed by atoms with E-state index in [0.717, 1.165) is 11.4 Å². The highest BCUT2D eigenvalue weighted by atomic mass is 32.1. The molecular weight excluding hydrogens is 292 g/mol. The summed E-state index contributed by atoms with van der Waals surface area (Å²) >= 11 is 5.29. The number of H-pyrrole nitrogens is 1. The molecule has 2 aromatic rings. The van der Waals surface area contributed by atoms with Gasteiger partial charge in [-0.25, -0.2) is 0 Å². The summed E-state index contributed by atoms with van der Waals surface area (Å²) in [6, 6.07) is 10.2. The van der Waals surface area contributed by atoms with Gasteiger partial charge in [-0.1, -0.05) is 55.7 Å². The first-order chi connectivity index (χ1) is 10.8. The summed E-state index contributed by atoms with van der Waals surface area (Å²) < 4.78 is 2.32. The Morgan fingerprint density at radius 1 is 1.18 bits per heavy atom. The highest BCUT2D eigenvalue weighted by molar-refractivity contribution is 7.71. The summed E-state index contributed by atoms with van der Waals surface area (Å²) in [6.07, 6.45) is 11.9. The van der Waals surface area contributed by atoms with Crippen LogP contribution in [-0.2, 0) is 0 Å². The lowest BCUT2D eigenvalue weighted by atomic mass is 9.89. The second-order valence-corrected chi connectivity index (χ2v) is 5.95. The zero-order chi connectivity index (χ0) is 15.2. The lowest BCUT2D eigenvalue weighted by Gasteiger charge is -2.19. The van der Waals surface area contributed by atoms with Gasteiger partial charge in [0.15, 0.2) is 5.82 Å². The van der Waals surface area contributed by atoms with Crippen molar-refractivity contribution < 1.29 is 0 Å². The fourth-order valence-electron chi connectivity index (χ4n) is 2.86. The number of nitrogens with zero attached hydrogens (tertiary/aromatic N) is 3. The maximum Gasteiger partial charge on any atom is 0.216 e. The molecule has 0 aliphatic heterocycles. The van der Waals surface area contributed by atoms with Gasteiger partial charge in [-0.2, -0.15) is 14.9 Å². The highest BCUT2D eigenvalue weighted by Gasteiger charge is 2.21. The molecule has 0 amide bonds. The Balaban J connectivity index is 1.74. The van der Waals surface area contributed by atoms with E-state index in [2.05, 4.69) is 27.4 Å². The maximum atomic E-state index is 5.29. The zero-order valence-corrected chi connectivity index (χ0v) is 13.3. The van der Waals surface area contributed by atoms with Gasteiger partial charge in [0, 0.05) is 12.1 Å². The van der Waals surface area contributed by atoms with Crippen LogP contribution in [0.2, 0.25) is 0 Å². The van der Waals surface area contributed by atoms with E-state index in [-0.39, 0.29) is 0 Å². The fraction of sp³-hybridized carbons (Fsp3) is 0.353. The summed E-state index contributed by atoms with van der Waals surface area (Å²) in [5, 5.41) is 11.7. The molecule has 1 N–H and O–H groups in total. The van der Waals surface area contributed by atoms with Gasteiger partial charge in [-0.3, -0.25) is 5.10 Å². The van der Waals surface area contributed by atoms with Crippen molar-refractivity contribution in [1.29, 1.82) is 0 Å². The van der Waals surface area contributed by atoms with Crippen molar-refractivity contribution in [3.63, 3.8) is 0 Å². The summed E-state index contributed by atoms with van der Waals surface area (Å²) in [4.78, 5) is 0. The van der Waals surface area contributed by atoms with Crippen molar-refractivity contribution in [3.8, 4) is 0 Å². The van der Waals surface area contributed by atoms with E-state index in [1.165, 1.54) is 32.1 Å². The minimum absolute atomic E-state index is 0.469. The molecule has 0 spiro atoms. The largest absolute Gasteiger partial charge is 0.250 e. The third-order valence-electron chi connectivity index (χ3n) is 4.00. The molecule has 114 valence electrons. The number of aromatic amines is 1. The van der Waals surface area contributed by atoms with Crippen LogP contribution < -0.4 is 0 Å². The molecule has 1 aliphatic rings. The smallest absolute Gasteiger partial charge is 0.216 e. The molecule has 22 heavy (non-hydrogen) atoms. The summed E-state index contributed by atoms with van der Waals surface area (Å²) in [7, 11) is 0. The van der Waals surface area contributed by atoms with E-state index >= 15 is 0 Å². The Labute approximate surface area is 135 Å². The van der Waals surface area contributed by atoms with Crippen LogP contribution >= 0.6 is 12.2 Å². The van der Waals surface area contributed by atoms with Crippen molar-refractivity contribution in [2.45, 2.75) is 38.0 Å². The van der Waals surface area contributed by atoms with E-state index < -0.39 is 0 Å². The van der Waals surface area contributed by atoms with E-state index in [0.29, 0.717) is 10.7 Å². The third-order valence-corrected chi connectivity index (χ3v) is 4.27. The van der Waals surface area contributed by atoms with Crippen LogP contribution in [0.5, 0.6) is 0 Å². The Kier molecular flexibility index (Phi) is 4.96. The maximum absolute atomic E-state index is 5.29. The molecule has 3 rings (SSSR count). The van der Waals surface area contributed by atoms with E-state index in [1.54, 1.807) is 10.9 Å². The van der Waals surface area contributed by atoms with Gasteiger partial charge < -0.3 is 0 Å². The van der Waals surface area contributed by atoms with Gasteiger partial charge in [-0.05, 0) is 36.7 Å². The van der Waals surface area contributed by atoms with Gasteiger partial charge in [0.05, 0.1) is 0 Å². The standard InChI is InChI=1S/C17H20N4S/c22-17-20-19-16(15-11-5-2-6-12-15)21(17)18-13-7-10-14-8-3-1-4-9-14/h1,3-4,7-10,13,15H,2,5-6,11-12H2,(H,20,22)/b10-7+,18-13-. The Bertz CT molecular complexity index is 706. The monoisotopic (exact) mass is 312 g/mol. The van der Waals surface area contributed by atoms with Crippen LogP contribution in [0, 0.1) is 4.77 Å². The second kappa shape index (κ2) is 7.31. The molecule has 1 aromatic heterocycles. The lowest BCUT2D eigenvalue weighted by molar-refractivity contribution is 0.419. The van der Waals surface area contributed by atoms with Gasteiger partial charge in [0.2, 0.25) is 4.77 Å². The molecule has 0 atom stereocenters. The molecule has 1 aromatic carbocycles. The van der Waals surface area contributed by atoms with E-state index in [9.17, 15) is 0 Å². The zero-order valence-electron chi connectivity index (χ0n) is 12.5. The second-order valence-electron chi connectivity index (χ2n) is 5.57. The molecule has 0 bridgehead atoms. The minimum atomic E-state index is 0.469. The van der Waals surface area contributed by atoms with Gasteiger partial charge in [-0.15, -0.1) is 0 Å². The van der Waals surface area contributed by atoms with Crippen molar-refractivity contribution >= 4 is 24.5 Å². The van der Waals surface area contributed by atoms with E-state index in [4.69, 9.17) is 12.2 Å². The minimum Gasteiger partial charge on any atom is -0.250 e.